The Bertz CT molecular complexity index is 474. The number of hydrogen-bond donors (Lipinski definition) is 1. The molecule has 0 aliphatic rings. The second kappa shape index (κ2) is 5.38. The fraction of sp³-hybridized carbons (Fsp3) is 0.308. The average molecular weight is 247 g/mol. The summed E-state index contributed by atoms with van der Waals surface area (Å²) in [7, 11) is 1.93. The molecule has 2 N–H and O–H groups in total. The molecule has 2 aromatic rings. The van der Waals surface area contributed by atoms with Crippen LogP contribution in [0.3, 0.4) is 0 Å². The van der Waals surface area contributed by atoms with Crippen molar-refractivity contribution < 1.29 is 0 Å². The van der Waals surface area contributed by atoms with Crippen molar-refractivity contribution in [2.24, 2.45) is 12.8 Å². The molecule has 90 valence electrons. The van der Waals surface area contributed by atoms with Crippen molar-refractivity contribution in [3.8, 4) is 0 Å². The average Bonchev–Trinajstić information content (AvgIpc) is 2.66. The minimum Gasteiger partial charge on any atom is -0.328 e. The SMILES string of the molecule is CC(N)Cc1ccc(Sc2cnn(C)c2)cc1. The molecule has 0 saturated carbocycles. The summed E-state index contributed by atoms with van der Waals surface area (Å²) in [6.45, 7) is 2.03. The largest absolute Gasteiger partial charge is 0.328 e. The van der Waals surface area contributed by atoms with Gasteiger partial charge >= 0.3 is 0 Å². The van der Waals surface area contributed by atoms with Crippen LogP contribution in [0.5, 0.6) is 0 Å². The normalized spacial score (nSPS) is 12.6. The minimum absolute atomic E-state index is 0.215. The van der Waals surface area contributed by atoms with Crippen molar-refractivity contribution in [3.05, 3.63) is 42.2 Å². The minimum atomic E-state index is 0.215. The predicted octanol–water partition coefficient (Wildman–Crippen LogP) is 2.46. The molecule has 1 atom stereocenters. The first-order valence-electron chi connectivity index (χ1n) is 5.64. The van der Waals surface area contributed by atoms with Gasteiger partial charge in [-0.2, -0.15) is 5.10 Å². The van der Waals surface area contributed by atoms with Crippen LogP contribution >= 0.6 is 11.8 Å². The van der Waals surface area contributed by atoms with Crippen LogP contribution in [0.15, 0.2) is 46.5 Å². The van der Waals surface area contributed by atoms with Crippen LogP contribution in [0, 0.1) is 0 Å². The molecule has 0 saturated heterocycles. The summed E-state index contributed by atoms with van der Waals surface area (Å²) < 4.78 is 1.81. The smallest absolute Gasteiger partial charge is 0.0629 e. The Hall–Kier alpha value is -1.26. The lowest BCUT2D eigenvalue weighted by atomic mass is 10.1. The lowest BCUT2D eigenvalue weighted by molar-refractivity contribution is 0.737. The number of nitrogens with two attached hydrogens (primary N) is 1. The standard InChI is InChI=1S/C13H17N3S/c1-10(14)7-11-3-5-12(6-4-11)17-13-8-15-16(2)9-13/h3-6,8-10H,7,14H2,1-2H3. The first-order valence-corrected chi connectivity index (χ1v) is 6.46. The number of benzene rings is 1. The molecule has 0 aliphatic carbocycles. The molecule has 3 nitrogen and oxygen atoms in total. The summed E-state index contributed by atoms with van der Waals surface area (Å²) in [5.41, 5.74) is 7.06. The van der Waals surface area contributed by atoms with Crippen LogP contribution in [0.1, 0.15) is 12.5 Å². The van der Waals surface area contributed by atoms with Gasteiger partial charge in [0.2, 0.25) is 0 Å². The Morgan fingerprint density at radius 3 is 2.53 bits per heavy atom. The van der Waals surface area contributed by atoms with Gasteiger partial charge in [-0.1, -0.05) is 23.9 Å². The summed E-state index contributed by atoms with van der Waals surface area (Å²) in [6.07, 6.45) is 4.82. The van der Waals surface area contributed by atoms with E-state index in [0.29, 0.717) is 0 Å². The van der Waals surface area contributed by atoms with Gasteiger partial charge in [-0.05, 0) is 31.0 Å². The second-order valence-corrected chi connectivity index (χ2v) is 5.42. The van der Waals surface area contributed by atoms with Gasteiger partial charge in [0.05, 0.1) is 11.1 Å². The lowest BCUT2D eigenvalue weighted by Crippen LogP contribution is -2.17. The van der Waals surface area contributed by atoms with E-state index in [0.717, 1.165) is 11.3 Å². The van der Waals surface area contributed by atoms with Crippen molar-refractivity contribution in [3.63, 3.8) is 0 Å². The predicted molar refractivity (Wildman–Crippen MR) is 71.1 cm³/mol. The molecular weight excluding hydrogens is 230 g/mol. The number of nitrogens with zero attached hydrogens (tertiary/aromatic N) is 2. The molecule has 1 unspecified atom stereocenters. The zero-order valence-electron chi connectivity index (χ0n) is 10.1. The topological polar surface area (TPSA) is 43.8 Å². The van der Waals surface area contributed by atoms with Crippen molar-refractivity contribution in [2.75, 3.05) is 0 Å². The van der Waals surface area contributed by atoms with Crippen LogP contribution in [-0.2, 0) is 13.5 Å². The fourth-order valence-corrected chi connectivity index (χ4v) is 2.50. The zero-order valence-corrected chi connectivity index (χ0v) is 10.9. The number of aromatic nitrogens is 2. The van der Waals surface area contributed by atoms with E-state index in [1.54, 1.807) is 11.8 Å². The van der Waals surface area contributed by atoms with Gasteiger partial charge in [0.25, 0.3) is 0 Å². The van der Waals surface area contributed by atoms with Crippen LogP contribution in [0.4, 0.5) is 0 Å². The molecule has 0 amide bonds. The summed E-state index contributed by atoms with van der Waals surface area (Å²) >= 11 is 1.72. The molecular formula is C13H17N3S. The highest BCUT2D eigenvalue weighted by Crippen LogP contribution is 2.27. The summed E-state index contributed by atoms with van der Waals surface area (Å²) in [5.74, 6) is 0. The fourth-order valence-electron chi connectivity index (χ4n) is 1.65. The molecule has 1 heterocycles. The van der Waals surface area contributed by atoms with Gasteiger partial charge in [-0.25, -0.2) is 0 Å². The summed E-state index contributed by atoms with van der Waals surface area (Å²) in [5, 5.41) is 4.15. The highest BCUT2D eigenvalue weighted by molar-refractivity contribution is 7.99. The van der Waals surface area contributed by atoms with Crippen LogP contribution in [-0.4, -0.2) is 15.8 Å². The van der Waals surface area contributed by atoms with Crippen LogP contribution in [0.25, 0.3) is 0 Å². The Morgan fingerprint density at radius 2 is 2.00 bits per heavy atom. The van der Waals surface area contributed by atoms with E-state index in [9.17, 15) is 0 Å². The van der Waals surface area contributed by atoms with Gasteiger partial charge < -0.3 is 5.73 Å². The third-order valence-electron chi connectivity index (χ3n) is 2.40. The zero-order chi connectivity index (χ0) is 12.3. The molecule has 17 heavy (non-hydrogen) atoms. The third-order valence-corrected chi connectivity index (χ3v) is 3.35. The summed E-state index contributed by atoms with van der Waals surface area (Å²) in [4.78, 5) is 2.39. The van der Waals surface area contributed by atoms with Gasteiger partial charge in [0.15, 0.2) is 0 Å². The Morgan fingerprint density at radius 1 is 1.29 bits per heavy atom. The Balaban J connectivity index is 2.03. The number of rotatable bonds is 4. The van der Waals surface area contributed by atoms with Gasteiger partial charge in [0, 0.05) is 24.2 Å². The van der Waals surface area contributed by atoms with Crippen LogP contribution < -0.4 is 5.73 Å². The molecule has 1 aromatic carbocycles. The molecule has 2 rings (SSSR count). The highest BCUT2D eigenvalue weighted by Gasteiger charge is 2.01. The first kappa shape index (κ1) is 12.2. The molecule has 1 aromatic heterocycles. The monoisotopic (exact) mass is 247 g/mol. The maximum absolute atomic E-state index is 5.77. The molecule has 0 spiro atoms. The molecule has 4 heteroatoms. The maximum atomic E-state index is 5.77. The Labute approximate surface area is 106 Å². The van der Waals surface area contributed by atoms with Crippen molar-refractivity contribution in [1.82, 2.24) is 9.78 Å². The van der Waals surface area contributed by atoms with Crippen molar-refractivity contribution >= 4 is 11.8 Å². The number of hydrogen-bond acceptors (Lipinski definition) is 3. The van der Waals surface area contributed by atoms with Gasteiger partial charge in [-0.3, -0.25) is 4.68 Å². The Kier molecular flexibility index (Phi) is 3.86. The lowest BCUT2D eigenvalue weighted by Gasteiger charge is -2.05. The molecule has 0 radical (unpaired) electrons. The highest BCUT2D eigenvalue weighted by atomic mass is 32.2. The van der Waals surface area contributed by atoms with Crippen molar-refractivity contribution in [1.29, 1.82) is 0 Å². The van der Waals surface area contributed by atoms with E-state index in [4.69, 9.17) is 5.73 Å². The van der Waals surface area contributed by atoms with E-state index < -0.39 is 0 Å². The maximum Gasteiger partial charge on any atom is 0.0629 e. The van der Waals surface area contributed by atoms with E-state index in [2.05, 4.69) is 29.4 Å². The molecule has 0 fully saturated rings. The second-order valence-electron chi connectivity index (χ2n) is 4.28. The van der Waals surface area contributed by atoms with Gasteiger partial charge in [0.1, 0.15) is 0 Å². The quantitative estimate of drug-likeness (QED) is 0.902. The third kappa shape index (κ3) is 3.61. The molecule has 0 aliphatic heterocycles. The van der Waals surface area contributed by atoms with Crippen LogP contribution in [0.2, 0.25) is 0 Å². The van der Waals surface area contributed by atoms with E-state index in [1.165, 1.54) is 10.5 Å². The van der Waals surface area contributed by atoms with Crippen molar-refractivity contribution in [2.45, 2.75) is 29.2 Å². The van der Waals surface area contributed by atoms with E-state index >= 15 is 0 Å². The van der Waals surface area contributed by atoms with Gasteiger partial charge in [-0.15, -0.1) is 0 Å². The first-order chi connectivity index (χ1) is 8.13. The number of aryl methyl sites for hydroxylation is 1. The van der Waals surface area contributed by atoms with E-state index in [-0.39, 0.29) is 6.04 Å². The molecule has 0 bridgehead atoms. The van der Waals surface area contributed by atoms with E-state index in [1.807, 2.05) is 31.0 Å². The summed E-state index contributed by atoms with van der Waals surface area (Å²) in [6, 6.07) is 8.77.